The van der Waals surface area contributed by atoms with Gasteiger partial charge in [-0.1, -0.05) is 0 Å². The van der Waals surface area contributed by atoms with Gasteiger partial charge < -0.3 is 19.0 Å². The van der Waals surface area contributed by atoms with Crippen molar-refractivity contribution in [1.82, 2.24) is 9.88 Å². The van der Waals surface area contributed by atoms with Crippen molar-refractivity contribution in [3.63, 3.8) is 0 Å². The minimum absolute atomic E-state index is 0.0802. The fourth-order valence-electron chi connectivity index (χ4n) is 3.41. The second-order valence-electron chi connectivity index (χ2n) is 6.96. The molecule has 27 heavy (non-hydrogen) atoms. The predicted molar refractivity (Wildman–Crippen MR) is 101 cm³/mol. The van der Waals surface area contributed by atoms with Crippen LogP contribution in [0.5, 0.6) is 0 Å². The second-order valence-corrected chi connectivity index (χ2v) is 6.96. The number of carbonyl (C=O) groups is 1. The van der Waals surface area contributed by atoms with Crippen molar-refractivity contribution in [2.45, 2.75) is 52.3 Å². The fraction of sp³-hybridized carbons (Fsp3) is 0.500. The number of carbonyl (C=O) groups excluding carboxylic acids is 1. The number of nitrogens with one attached hydrogen (secondary N) is 2. The van der Waals surface area contributed by atoms with Crippen LogP contribution in [0.3, 0.4) is 0 Å². The third kappa shape index (κ3) is 4.24. The summed E-state index contributed by atoms with van der Waals surface area (Å²) < 4.78 is 13.1. The van der Waals surface area contributed by atoms with Crippen LogP contribution in [0, 0.1) is 25.2 Å². The first kappa shape index (κ1) is 19.2. The summed E-state index contributed by atoms with van der Waals surface area (Å²) in [6, 6.07) is 5.83. The summed E-state index contributed by atoms with van der Waals surface area (Å²) in [6.07, 6.45) is 3.77. The Morgan fingerprint density at radius 1 is 1.48 bits per heavy atom. The molecule has 144 valence electrons. The number of ether oxygens (including phenoxy) is 1. The number of anilines is 1. The number of hydrogen-bond donors (Lipinski definition) is 2. The van der Waals surface area contributed by atoms with Crippen molar-refractivity contribution < 1.29 is 13.9 Å². The Kier molecular flexibility index (Phi) is 5.99. The number of nitrogens with zero attached hydrogens (tertiary/aromatic N) is 2. The molecule has 0 unspecified atom stereocenters. The maximum absolute atomic E-state index is 12.5. The molecule has 3 rings (SSSR count). The highest BCUT2D eigenvalue weighted by atomic mass is 16.5. The Balaban J connectivity index is 1.71. The van der Waals surface area contributed by atoms with Crippen molar-refractivity contribution in [3.8, 4) is 6.07 Å². The van der Waals surface area contributed by atoms with E-state index in [4.69, 9.17) is 9.15 Å². The third-order valence-corrected chi connectivity index (χ3v) is 5.15. The van der Waals surface area contributed by atoms with Gasteiger partial charge in [0.2, 0.25) is 5.91 Å². The first-order chi connectivity index (χ1) is 13.0. The van der Waals surface area contributed by atoms with E-state index in [2.05, 4.69) is 16.7 Å². The van der Waals surface area contributed by atoms with Gasteiger partial charge in [-0.3, -0.25) is 10.1 Å². The van der Waals surface area contributed by atoms with Crippen LogP contribution in [0.4, 0.5) is 5.82 Å². The van der Waals surface area contributed by atoms with E-state index in [1.165, 1.54) is 0 Å². The minimum Gasteiger partial charge on any atom is -0.468 e. The molecule has 7 heteroatoms. The first-order valence-electron chi connectivity index (χ1n) is 9.29. The Labute approximate surface area is 159 Å². The molecule has 0 radical (unpaired) electrons. The molecule has 2 aromatic heterocycles. The van der Waals surface area contributed by atoms with E-state index < -0.39 is 0 Å². The van der Waals surface area contributed by atoms with E-state index in [1.54, 1.807) is 6.26 Å². The lowest BCUT2D eigenvalue weighted by atomic mass is 10.2. The van der Waals surface area contributed by atoms with E-state index in [9.17, 15) is 10.1 Å². The minimum atomic E-state index is -0.198. The molecule has 1 aliphatic rings. The van der Waals surface area contributed by atoms with Gasteiger partial charge in [0, 0.05) is 12.3 Å². The average molecular weight is 370 g/mol. The van der Waals surface area contributed by atoms with Gasteiger partial charge in [-0.2, -0.15) is 5.26 Å². The molecule has 7 nitrogen and oxygen atoms in total. The molecule has 0 spiro atoms. The zero-order valence-electron chi connectivity index (χ0n) is 16.0. The Bertz CT molecular complexity index is 827. The van der Waals surface area contributed by atoms with Gasteiger partial charge in [0.1, 0.15) is 17.6 Å². The van der Waals surface area contributed by atoms with Gasteiger partial charge >= 0.3 is 0 Å². The summed E-state index contributed by atoms with van der Waals surface area (Å²) in [6.45, 7) is 7.34. The summed E-state index contributed by atoms with van der Waals surface area (Å²) in [5.41, 5.74) is 2.38. The fourth-order valence-corrected chi connectivity index (χ4v) is 3.41. The zero-order chi connectivity index (χ0) is 19.4. The largest absolute Gasteiger partial charge is 0.468 e. The maximum Gasteiger partial charge on any atom is 0.239 e. The van der Waals surface area contributed by atoms with Crippen molar-refractivity contribution >= 4 is 11.7 Å². The van der Waals surface area contributed by atoms with Crippen LogP contribution < -0.4 is 10.6 Å². The third-order valence-electron chi connectivity index (χ3n) is 5.15. The molecule has 0 saturated carbocycles. The second kappa shape index (κ2) is 8.42. The summed E-state index contributed by atoms with van der Waals surface area (Å²) in [7, 11) is 0. The number of hydrogen-bond acceptors (Lipinski definition) is 5. The average Bonchev–Trinajstić information content (AvgIpc) is 3.40. The molecule has 2 atom stereocenters. The molecule has 0 aliphatic carbocycles. The molecular weight excluding hydrogens is 344 g/mol. The van der Waals surface area contributed by atoms with Gasteiger partial charge in [0.05, 0.1) is 37.1 Å². The lowest BCUT2D eigenvalue weighted by Crippen LogP contribution is -2.31. The zero-order valence-corrected chi connectivity index (χ0v) is 16.0. The van der Waals surface area contributed by atoms with E-state index in [0.29, 0.717) is 17.9 Å². The lowest BCUT2D eigenvalue weighted by Gasteiger charge is -2.17. The molecule has 0 bridgehead atoms. The van der Waals surface area contributed by atoms with Crippen molar-refractivity contribution in [2.24, 2.45) is 0 Å². The monoisotopic (exact) mass is 370 g/mol. The summed E-state index contributed by atoms with van der Waals surface area (Å²) in [5.74, 6) is 1.13. The van der Waals surface area contributed by atoms with E-state index in [0.717, 1.165) is 36.5 Å². The lowest BCUT2D eigenvalue weighted by molar-refractivity contribution is -0.115. The number of rotatable bonds is 7. The highest BCUT2D eigenvalue weighted by Crippen LogP contribution is 2.28. The Morgan fingerprint density at radius 3 is 2.93 bits per heavy atom. The van der Waals surface area contributed by atoms with Crippen LogP contribution in [0.15, 0.2) is 22.8 Å². The van der Waals surface area contributed by atoms with Gasteiger partial charge in [0.15, 0.2) is 0 Å². The van der Waals surface area contributed by atoms with Crippen LogP contribution in [-0.4, -0.2) is 29.7 Å². The quantitative estimate of drug-likeness (QED) is 0.781. The number of nitriles is 1. The van der Waals surface area contributed by atoms with E-state index in [-0.39, 0.29) is 24.6 Å². The maximum atomic E-state index is 12.5. The van der Waals surface area contributed by atoms with E-state index in [1.807, 2.05) is 37.5 Å². The topological polar surface area (TPSA) is 92.2 Å². The van der Waals surface area contributed by atoms with Crippen LogP contribution in [0.1, 0.15) is 48.4 Å². The molecule has 2 aromatic rings. The molecule has 2 N–H and O–H groups in total. The van der Waals surface area contributed by atoms with E-state index >= 15 is 0 Å². The number of aromatic nitrogens is 1. The van der Waals surface area contributed by atoms with Crippen molar-refractivity contribution in [2.75, 3.05) is 18.5 Å². The molecule has 3 heterocycles. The highest BCUT2D eigenvalue weighted by molar-refractivity contribution is 5.93. The summed E-state index contributed by atoms with van der Waals surface area (Å²) in [5, 5.41) is 15.6. The van der Waals surface area contributed by atoms with Crippen LogP contribution in [0.2, 0.25) is 0 Å². The van der Waals surface area contributed by atoms with Crippen molar-refractivity contribution in [3.05, 3.63) is 41.0 Å². The SMILES string of the molecule is Cc1c(C#N)c(NC(=O)CN[C@@H](C)c2ccco2)n(C[C@H]2CCCO2)c1C. The van der Waals surface area contributed by atoms with Gasteiger partial charge in [0.25, 0.3) is 0 Å². The van der Waals surface area contributed by atoms with Gasteiger partial charge in [-0.05, 0) is 51.3 Å². The van der Waals surface area contributed by atoms with Crippen molar-refractivity contribution in [1.29, 1.82) is 5.26 Å². The van der Waals surface area contributed by atoms with Crippen LogP contribution >= 0.6 is 0 Å². The first-order valence-corrected chi connectivity index (χ1v) is 9.29. The molecule has 0 aromatic carbocycles. The standard InChI is InChI=1S/C20H26N4O3/c1-13-15(3)24(12-16-6-4-8-26-16)20(17(13)10-21)23-19(25)11-22-14(2)18-7-5-9-27-18/h5,7,9,14,16,22H,4,6,8,11-12H2,1-3H3,(H,23,25)/t14-,16+/m0/s1. The molecule has 1 amide bonds. The molecule has 1 aliphatic heterocycles. The molecule has 1 fully saturated rings. The number of amides is 1. The highest BCUT2D eigenvalue weighted by Gasteiger charge is 2.24. The van der Waals surface area contributed by atoms with Gasteiger partial charge in [-0.15, -0.1) is 0 Å². The van der Waals surface area contributed by atoms with Crippen LogP contribution in [0.25, 0.3) is 0 Å². The van der Waals surface area contributed by atoms with Gasteiger partial charge in [-0.25, -0.2) is 0 Å². The Morgan fingerprint density at radius 2 is 2.30 bits per heavy atom. The normalized spacial score (nSPS) is 17.6. The Hall–Kier alpha value is -2.56. The molecule has 1 saturated heterocycles. The van der Waals surface area contributed by atoms with Crippen LogP contribution in [-0.2, 0) is 16.1 Å². The summed E-state index contributed by atoms with van der Waals surface area (Å²) >= 11 is 0. The number of furan rings is 1. The predicted octanol–water partition coefficient (Wildman–Crippen LogP) is 3.04. The molecular formula is C20H26N4O3. The smallest absolute Gasteiger partial charge is 0.239 e. The summed E-state index contributed by atoms with van der Waals surface area (Å²) in [4.78, 5) is 12.5.